The summed E-state index contributed by atoms with van der Waals surface area (Å²) >= 11 is 0. The first-order chi connectivity index (χ1) is 10.4. The van der Waals surface area contributed by atoms with Crippen LogP contribution in [0.2, 0.25) is 0 Å². The Morgan fingerprint density at radius 2 is 1.68 bits per heavy atom. The molecule has 0 fully saturated rings. The van der Waals surface area contributed by atoms with Gasteiger partial charge in [0.2, 0.25) is 0 Å². The third-order valence-electron chi connectivity index (χ3n) is 3.16. The summed E-state index contributed by atoms with van der Waals surface area (Å²) in [4.78, 5) is 22.3. The van der Waals surface area contributed by atoms with E-state index in [1.807, 2.05) is 24.3 Å². The normalized spacial score (nSPS) is 11.4. The van der Waals surface area contributed by atoms with Crippen molar-refractivity contribution >= 4 is 18.0 Å². The average Bonchev–Trinajstić information content (AvgIpc) is 2.44. The van der Waals surface area contributed by atoms with Crippen LogP contribution in [-0.4, -0.2) is 18.2 Å². The molecule has 120 valence electrons. The second-order valence-corrected chi connectivity index (χ2v) is 5.24. The van der Waals surface area contributed by atoms with E-state index in [1.54, 1.807) is 6.92 Å². The maximum absolute atomic E-state index is 11.2. The number of ether oxygens (including phenoxy) is 2. The molecular formula is C18H24O4. The van der Waals surface area contributed by atoms with Gasteiger partial charge in [-0.2, -0.15) is 0 Å². The molecule has 0 bridgehead atoms. The first kappa shape index (κ1) is 18.0. The molecule has 1 aromatic carbocycles. The summed E-state index contributed by atoms with van der Waals surface area (Å²) in [6, 6.07) is 8.06. The standard InChI is InChI=1S/C18H24O4/c1-5-6-9-16-10-7-8-11-17(16)12-13(2)18(21-14(3)19)22-15(4)20/h7-8,10-12,18H,5-6,9H2,1-4H3. The molecule has 0 N–H and O–H groups in total. The topological polar surface area (TPSA) is 52.6 Å². The van der Waals surface area contributed by atoms with Crippen molar-refractivity contribution in [1.29, 1.82) is 0 Å². The molecular weight excluding hydrogens is 280 g/mol. The zero-order valence-electron chi connectivity index (χ0n) is 13.7. The molecule has 0 radical (unpaired) electrons. The number of benzene rings is 1. The number of esters is 2. The summed E-state index contributed by atoms with van der Waals surface area (Å²) in [5, 5.41) is 0. The van der Waals surface area contributed by atoms with Crippen LogP contribution in [0.4, 0.5) is 0 Å². The zero-order chi connectivity index (χ0) is 16.5. The Morgan fingerprint density at radius 3 is 2.23 bits per heavy atom. The van der Waals surface area contributed by atoms with Crippen LogP contribution in [0, 0.1) is 0 Å². The van der Waals surface area contributed by atoms with Crippen molar-refractivity contribution in [2.24, 2.45) is 0 Å². The van der Waals surface area contributed by atoms with Gasteiger partial charge in [-0.3, -0.25) is 9.59 Å². The minimum atomic E-state index is -0.978. The van der Waals surface area contributed by atoms with E-state index in [9.17, 15) is 9.59 Å². The van der Waals surface area contributed by atoms with Crippen molar-refractivity contribution in [3.63, 3.8) is 0 Å². The van der Waals surface area contributed by atoms with Crippen LogP contribution in [0.25, 0.3) is 6.08 Å². The predicted octanol–water partition coefficient (Wildman–Crippen LogP) is 3.88. The quantitative estimate of drug-likeness (QED) is 0.566. The van der Waals surface area contributed by atoms with Crippen LogP contribution in [-0.2, 0) is 25.5 Å². The Balaban J connectivity index is 3.01. The van der Waals surface area contributed by atoms with Gasteiger partial charge < -0.3 is 9.47 Å². The van der Waals surface area contributed by atoms with Crippen molar-refractivity contribution < 1.29 is 19.1 Å². The minimum absolute atomic E-state index is 0.488. The van der Waals surface area contributed by atoms with Crippen LogP contribution >= 0.6 is 0 Å². The van der Waals surface area contributed by atoms with Crippen molar-refractivity contribution in [2.45, 2.75) is 53.2 Å². The molecule has 22 heavy (non-hydrogen) atoms. The molecule has 0 amide bonds. The highest BCUT2D eigenvalue weighted by Gasteiger charge is 2.17. The zero-order valence-corrected chi connectivity index (χ0v) is 13.7. The summed E-state index contributed by atoms with van der Waals surface area (Å²) in [7, 11) is 0. The van der Waals surface area contributed by atoms with Crippen molar-refractivity contribution in [1.82, 2.24) is 0 Å². The lowest BCUT2D eigenvalue weighted by atomic mass is 10.0. The Morgan fingerprint density at radius 1 is 1.09 bits per heavy atom. The molecule has 1 rings (SSSR count). The third kappa shape index (κ3) is 6.12. The molecule has 0 unspecified atom stereocenters. The molecule has 4 nitrogen and oxygen atoms in total. The van der Waals surface area contributed by atoms with E-state index >= 15 is 0 Å². The highest BCUT2D eigenvalue weighted by molar-refractivity contribution is 5.69. The smallest absolute Gasteiger partial charge is 0.305 e. The van der Waals surface area contributed by atoms with Crippen LogP contribution < -0.4 is 0 Å². The molecule has 1 aromatic rings. The summed E-state index contributed by atoms with van der Waals surface area (Å²) in [5.74, 6) is -0.975. The first-order valence-corrected chi connectivity index (χ1v) is 7.54. The fourth-order valence-corrected chi connectivity index (χ4v) is 2.09. The number of aryl methyl sites for hydroxylation is 1. The average molecular weight is 304 g/mol. The number of carbonyl (C=O) groups is 2. The molecule has 0 saturated carbocycles. The van der Waals surface area contributed by atoms with Gasteiger partial charge in [0.25, 0.3) is 6.29 Å². The largest absolute Gasteiger partial charge is 0.421 e. The Hall–Kier alpha value is -2.10. The van der Waals surface area contributed by atoms with Gasteiger partial charge in [0.05, 0.1) is 0 Å². The highest BCUT2D eigenvalue weighted by atomic mass is 16.7. The molecule has 0 aliphatic carbocycles. The molecule has 0 atom stereocenters. The lowest BCUT2D eigenvalue weighted by Crippen LogP contribution is -2.23. The van der Waals surface area contributed by atoms with Crippen LogP contribution in [0.15, 0.2) is 29.8 Å². The Kier molecular flexibility index (Phi) is 7.37. The van der Waals surface area contributed by atoms with Gasteiger partial charge in [-0.25, -0.2) is 0 Å². The lowest BCUT2D eigenvalue weighted by Gasteiger charge is -2.17. The summed E-state index contributed by atoms with van der Waals surface area (Å²) < 4.78 is 10.1. The van der Waals surface area contributed by atoms with Gasteiger partial charge in [0.1, 0.15) is 0 Å². The third-order valence-corrected chi connectivity index (χ3v) is 3.16. The van der Waals surface area contributed by atoms with Gasteiger partial charge in [-0.15, -0.1) is 0 Å². The summed E-state index contributed by atoms with van der Waals surface area (Å²) in [6.45, 7) is 6.52. The Bertz CT molecular complexity index is 530. The van der Waals surface area contributed by atoms with E-state index in [-0.39, 0.29) is 0 Å². The van der Waals surface area contributed by atoms with Crippen molar-refractivity contribution in [3.05, 3.63) is 41.0 Å². The molecule has 0 aromatic heterocycles. The van der Waals surface area contributed by atoms with E-state index in [2.05, 4.69) is 13.0 Å². The molecule has 0 aliphatic heterocycles. The maximum atomic E-state index is 11.2. The Labute approximate surface area is 132 Å². The van der Waals surface area contributed by atoms with E-state index in [0.717, 1.165) is 24.8 Å². The van der Waals surface area contributed by atoms with E-state index < -0.39 is 18.2 Å². The fourth-order valence-electron chi connectivity index (χ4n) is 2.09. The first-order valence-electron chi connectivity index (χ1n) is 7.54. The SMILES string of the molecule is CCCCc1ccccc1C=C(C)C(OC(C)=O)OC(C)=O. The fraction of sp³-hybridized carbons (Fsp3) is 0.444. The predicted molar refractivity (Wildman–Crippen MR) is 86.0 cm³/mol. The number of hydrogen-bond acceptors (Lipinski definition) is 4. The van der Waals surface area contributed by atoms with Crippen LogP contribution in [0.1, 0.15) is 51.7 Å². The van der Waals surface area contributed by atoms with Crippen molar-refractivity contribution in [2.75, 3.05) is 0 Å². The molecule has 0 heterocycles. The van der Waals surface area contributed by atoms with Crippen LogP contribution in [0.3, 0.4) is 0 Å². The van der Waals surface area contributed by atoms with Gasteiger partial charge >= 0.3 is 11.9 Å². The van der Waals surface area contributed by atoms with Crippen LogP contribution in [0.5, 0.6) is 0 Å². The molecule has 4 heteroatoms. The lowest BCUT2D eigenvalue weighted by molar-refractivity contribution is -0.177. The summed E-state index contributed by atoms with van der Waals surface area (Å²) in [5.41, 5.74) is 2.96. The summed E-state index contributed by atoms with van der Waals surface area (Å²) in [6.07, 6.45) is 4.15. The highest BCUT2D eigenvalue weighted by Crippen LogP contribution is 2.19. The van der Waals surface area contributed by atoms with Gasteiger partial charge in [0.15, 0.2) is 0 Å². The van der Waals surface area contributed by atoms with E-state index in [1.165, 1.54) is 19.4 Å². The van der Waals surface area contributed by atoms with E-state index in [4.69, 9.17) is 9.47 Å². The number of hydrogen-bond donors (Lipinski definition) is 0. The van der Waals surface area contributed by atoms with Gasteiger partial charge in [-0.1, -0.05) is 37.6 Å². The number of carbonyl (C=O) groups excluding carboxylic acids is 2. The minimum Gasteiger partial charge on any atom is -0.421 e. The van der Waals surface area contributed by atoms with E-state index in [0.29, 0.717) is 5.57 Å². The molecule has 0 aliphatic rings. The van der Waals surface area contributed by atoms with Gasteiger partial charge in [0, 0.05) is 19.4 Å². The maximum Gasteiger partial charge on any atom is 0.305 e. The number of rotatable bonds is 7. The molecule has 0 saturated heterocycles. The monoisotopic (exact) mass is 304 g/mol. The van der Waals surface area contributed by atoms with Crippen molar-refractivity contribution in [3.8, 4) is 0 Å². The van der Waals surface area contributed by atoms with Gasteiger partial charge in [-0.05, 0) is 37.0 Å². The second kappa shape index (κ2) is 9.03. The second-order valence-electron chi connectivity index (χ2n) is 5.24. The number of unbranched alkanes of at least 4 members (excludes halogenated alkanes) is 1. The molecule has 0 spiro atoms.